The van der Waals surface area contributed by atoms with Gasteiger partial charge in [-0.25, -0.2) is 0 Å². The Morgan fingerprint density at radius 2 is 2.00 bits per heavy atom. The molecule has 0 radical (unpaired) electrons. The minimum Gasteiger partial charge on any atom is -0.394 e. The van der Waals surface area contributed by atoms with Crippen molar-refractivity contribution in [3.05, 3.63) is 18.5 Å². The summed E-state index contributed by atoms with van der Waals surface area (Å²) in [6.45, 7) is 3.14. The Balaban J connectivity index is 2.09. The minimum absolute atomic E-state index is 0.132. The van der Waals surface area contributed by atoms with Crippen LogP contribution < -0.4 is 10.6 Å². The number of nitrogens with zero attached hydrogens (tertiary/aromatic N) is 1. The van der Waals surface area contributed by atoms with Crippen LogP contribution >= 0.6 is 0 Å². The average molecular weight is 235 g/mol. The zero-order valence-corrected chi connectivity index (χ0v) is 10.4. The maximum Gasteiger partial charge on any atom is 0.0661 e. The van der Waals surface area contributed by atoms with E-state index in [1.165, 1.54) is 12.8 Å². The lowest BCUT2D eigenvalue weighted by Gasteiger charge is -2.29. The summed E-state index contributed by atoms with van der Waals surface area (Å²) in [5.41, 5.74) is 1.87. The Labute approximate surface area is 102 Å². The molecule has 1 heterocycles. The van der Waals surface area contributed by atoms with Gasteiger partial charge < -0.3 is 15.7 Å². The summed E-state index contributed by atoms with van der Waals surface area (Å²) in [6, 6.07) is 2.05. The van der Waals surface area contributed by atoms with Crippen LogP contribution in [0.2, 0.25) is 0 Å². The van der Waals surface area contributed by atoms with E-state index in [4.69, 9.17) is 0 Å². The Kier molecular flexibility index (Phi) is 3.84. The van der Waals surface area contributed by atoms with Gasteiger partial charge in [-0.15, -0.1) is 0 Å². The number of aliphatic hydroxyl groups excluding tert-OH is 1. The zero-order valence-electron chi connectivity index (χ0n) is 10.4. The number of pyridine rings is 1. The van der Waals surface area contributed by atoms with Crippen LogP contribution in [0.15, 0.2) is 18.5 Å². The third-order valence-corrected chi connectivity index (χ3v) is 3.39. The normalized spacial score (nSPS) is 18.0. The van der Waals surface area contributed by atoms with Crippen molar-refractivity contribution in [1.29, 1.82) is 0 Å². The van der Waals surface area contributed by atoms with E-state index in [0.29, 0.717) is 0 Å². The van der Waals surface area contributed by atoms with E-state index < -0.39 is 0 Å². The fourth-order valence-electron chi connectivity index (χ4n) is 2.49. The number of anilines is 2. The van der Waals surface area contributed by atoms with Crippen LogP contribution in [0.3, 0.4) is 0 Å². The van der Waals surface area contributed by atoms with Gasteiger partial charge >= 0.3 is 0 Å². The maximum absolute atomic E-state index is 9.55. The van der Waals surface area contributed by atoms with Crippen molar-refractivity contribution in [2.24, 2.45) is 0 Å². The quantitative estimate of drug-likeness (QED) is 0.732. The van der Waals surface area contributed by atoms with E-state index in [-0.39, 0.29) is 12.1 Å². The molecule has 0 atom stereocenters. The molecule has 1 saturated carbocycles. The molecule has 1 aliphatic rings. The van der Waals surface area contributed by atoms with Gasteiger partial charge in [0.15, 0.2) is 0 Å². The highest BCUT2D eigenvalue weighted by Gasteiger charge is 2.32. The number of aliphatic hydroxyl groups is 1. The van der Waals surface area contributed by atoms with E-state index in [9.17, 15) is 5.11 Å². The van der Waals surface area contributed by atoms with Gasteiger partial charge in [-0.3, -0.25) is 4.98 Å². The summed E-state index contributed by atoms with van der Waals surface area (Å²) >= 11 is 0. The molecule has 1 aromatic heterocycles. The largest absolute Gasteiger partial charge is 0.394 e. The molecule has 4 nitrogen and oxygen atoms in total. The third-order valence-electron chi connectivity index (χ3n) is 3.39. The number of aromatic nitrogens is 1. The molecule has 0 spiro atoms. The number of hydrogen-bond acceptors (Lipinski definition) is 4. The van der Waals surface area contributed by atoms with Gasteiger partial charge in [0.05, 0.1) is 35.9 Å². The highest BCUT2D eigenvalue weighted by Crippen LogP contribution is 2.32. The fourth-order valence-corrected chi connectivity index (χ4v) is 2.49. The van der Waals surface area contributed by atoms with Crippen molar-refractivity contribution in [3.63, 3.8) is 0 Å². The topological polar surface area (TPSA) is 57.2 Å². The Morgan fingerprint density at radius 1 is 1.29 bits per heavy atom. The first-order valence-electron chi connectivity index (χ1n) is 6.36. The van der Waals surface area contributed by atoms with E-state index >= 15 is 0 Å². The first kappa shape index (κ1) is 12.2. The molecule has 0 bridgehead atoms. The second-order valence-corrected chi connectivity index (χ2v) is 4.76. The summed E-state index contributed by atoms with van der Waals surface area (Å²) < 4.78 is 0. The predicted octanol–water partition coefficient (Wildman–Crippen LogP) is 2.23. The van der Waals surface area contributed by atoms with Crippen LogP contribution in [0.4, 0.5) is 11.4 Å². The highest BCUT2D eigenvalue weighted by atomic mass is 16.3. The van der Waals surface area contributed by atoms with Gasteiger partial charge in [0.2, 0.25) is 0 Å². The summed E-state index contributed by atoms with van der Waals surface area (Å²) in [7, 11) is 0. The van der Waals surface area contributed by atoms with Crippen LogP contribution in [0.1, 0.15) is 32.6 Å². The lowest BCUT2D eigenvalue weighted by atomic mass is 9.98. The maximum atomic E-state index is 9.55. The van der Waals surface area contributed by atoms with Gasteiger partial charge in [-0.2, -0.15) is 0 Å². The summed E-state index contributed by atoms with van der Waals surface area (Å²) in [4.78, 5) is 4.20. The zero-order chi connectivity index (χ0) is 12.1. The van der Waals surface area contributed by atoms with Gasteiger partial charge in [0.25, 0.3) is 0 Å². The van der Waals surface area contributed by atoms with Crippen molar-refractivity contribution in [2.75, 3.05) is 23.8 Å². The molecule has 0 saturated heterocycles. The first-order chi connectivity index (χ1) is 8.28. The van der Waals surface area contributed by atoms with Crippen LogP contribution in [0, 0.1) is 0 Å². The molecule has 1 aliphatic carbocycles. The van der Waals surface area contributed by atoms with Crippen LogP contribution in [0.5, 0.6) is 0 Å². The van der Waals surface area contributed by atoms with Crippen LogP contribution in [-0.4, -0.2) is 28.8 Å². The molecule has 0 unspecified atom stereocenters. The monoisotopic (exact) mass is 235 g/mol. The number of hydrogen-bond donors (Lipinski definition) is 3. The molecule has 94 valence electrons. The Morgan fingerprint density at radius 3 is 2.65 bits per heavy atom. The SMILES string of the molecule is CCNc1cncc(NC2(CO)CCCC2)c1. The molecule has 1 fully saturated rings. The smallest absolute Gasteiger partial charge is 0.0661 e. The van der Waals surface area contributed by atoms with Gasteiger partial charge in [0.1, 0.15) is 0 Å². The predicted molar refractivity (Wildman–Crippen MR) is 70.3 cm³/mol. The average Bonchev–Trinajstić information content (AvgIpc) is 2.79. The number of rotatable bonds is 5. The summed E-state index contributed by atoms with van der Waals surface area (Å²) in [6.07, 6.45) is 8.08. The molecule has 2 rings (SSSR count). The fraction of sp³-hybridized carbons (Fsp3) is 0.615. The minimum atomic E-state index is -0.132. The lowest BCUT2D eigenvalue weighted by Crippen LogP contribution is -2.39. The summed E-state index contributed by atoms with van der Waals surface area (Å²) in [5, 5.41) is 16.2. The molecule has 0 amide bonds. The molecule has 3 N–H and O–H groups in total. The number of nitrogens with one attached hydrogen (secondary N) is 2. The Bertz CT molecular complexity index is 361. The van der Waals surface area contributed by atoms with Crippen molar-refractivity contribution >= 4 is 11.4 Å². The first-order valence-corrected chi connectivity index (χ1v) is 6.36. The van der Waals surface area contributed by atoms with Gasteiger partial charge in [-0.1, -0.05) is 12.8 Å². The van der Waals surface area contributed by atoms with Crippen molar-refractivity contribution in [2.45, 2.75) is 38.1 Å². The second-order valence-electron chi connectivity index (χ2n) is 4.76. The molecular formula is C13H21N3O. The molecule has 17 heavy (non-hydrogen) atoms. The molecule has 0 aliphatic heterocycles. The highest BCUT2D eigenvalue weighted by molar-refractivity contribution is 5.55. The van der Waals surface area contributed by atoms with Crippen molar-refractivity contribution in [1.82, 2.24) is 4.98 Å². The Hall–Kier alpha value is -1.29. The van der Waals surface area contributed by atoms with Crippen LogP contribution in [-0.2, 0) is 0 Å². The van der Waals surface area contributed by atoms with Crippen molar-refractivity contribution < 1.29 is 5.11 Å². The lowest BCUT2D eigenvalue weighted by molar-refractivity contribution is 0.214. The second kappa shape index (κ2) is 5.36. The van der Waals surface area contributed by atoms with E-state index in [1.54, 1.807) is 0 Å². The van der Waals surface area contributed by atoms with Gasteiger partial charge in [0, 0.05) is 6.54 Å². The van der Waals surface area contributed by atoms with E-state index in [2.05, 4.69) is 22.5 Å². The summed E-state index contributed by atoms with van der Waals surface area (Å²) in [5.74, 6) is 0. The van der Waals surface area contributed by atoms with Gasteiger partial charge in [-0.05, 0) is 25.8 Å². The molecule has 4 heteroatoms. The van der Waals surface area contributed by atoms with Crippen LogP contribution in [0.25, 0.3) is 0 Å². The van der Waals surface area contributed by atoms with Crippen molar-refractivity contribution in [3.8, 4) is 0 Å². The van der Waals surface area contributed by atoms with E-state index in [1.807, 2.05) is 18.5 Å². The molecule has 1 aromatic rings. The molecular weight excluding hydrogens is 214 g/mol. The standard InChI is InChI=1S/C13H21N3O/c1-2-15-11-7-12(9-14-8-11)16-13(10-17)5-3-4-6-13/h7-9,15-17H,2-6,10H2,1H3. The third kappa shape index (κ3) is 2.88. The molecule has 0 aromatic carbocycles. The van der Waals surface area contributed by atoms with E-state index in [0.717, 1.165) is 30.8 Å².